The largest absolute Gasteiger partial charge is 0.343 e. The molecule has 6 heteroatoms. The molecule has 1 radical (unpaired) electrons. The minimum absolute atomic E-state index is 0.110. The molecule has 0 aliphatic carbocycles. The molecule has 0 aromatic carbocycles. The fourth-order valence-corrected chi connectivity index (χ4v) is 2.49. The molecule has 3 atom stereocenters. The maximum Gasteiger partial charge on any atom is 0.245 e. The van der Waals surface area contributed by atoms with Gasteiger partial charge in [0.2, 0.25) is 18.1 Å². The van der Waals surface area contributed by atoms with Gasteiger partial charge in [0.25, 0.3) is 0 Å². The van der Waals surface area contributed by atoms with Gasteiger partial charge in [0, 0.05) is 7.05 Å². The number of carbonyl (C=O) groups is 2. The second-order valence-electron chi connectivity index (χ2n) is 7.68. The average Bonchev–Trinajstić information content (AvgIpc) is 2.47. The molecule has 2 amide bonds. The van der Waals surface area contributed by atoms with Crippen LogP contribution in [0.5, 0.6) is 0 Å². The van der Waals surface area contributed by atoms with E-state index in [-0.39, 0.29) is 23.7 Å². The van der Waals surface area contributed by atoms with Crippen molar-refractivity contribution in [3.05, 3.63) is 0 Å². The number of hydrogen-bond donors (Lipinski definition) is 2. The van der Waals surface area contributed by atoms with E-state index in [0.717, 1.165) is 0 Å². The SMILES string of the molecule is CC(C)C[C@@H]([C]=O)N(C)C(=O)[C@@H](NC(=O)[C@@H](N)CC(C)C)C(C)C. The highest BCUT2D eigenvalue weighted by Gasteiger charge is 2.32. The molecule has 0 bridgehead atoms. The minimum Gasteiger partial charge on any atom is -0.343 e. The van der Waals surface area contributed by atoms with Crippen LogP contribution in [0, 0.1) is 17.8 Å². The highest BCUT2D eigenvalue weighted by atomic mass is 16.2. The molecule has 0 aromatic heterocycles. The van der Waals surface area contributed by atoms with Gasteiger partial charge in [-0.1, -0.05) is 41.5 Å². The predicted molar refractivity (Wildman–Crippen MR) is 95.9 cm³/mol. The quantitative estimate of drug-likeness (QED) is 0.630. The Hall–Kier alpha value is -1.43. The second kappa shape index (κ2) is 10.4. The van der Waals surface area contributed by atoms with Gasteiger partial charge < -0.3 is 16.0 Å². The van der Waals surface area contributed by atoms with Gasteiger partial charge in [-0.05, 0) is 30.6 Å². The average molecular weight is 340 g/mol. The highest BCUT2D eigenvalue weighted by molar-refractivity contribution is 5.90. The van der Waals surface area contributed by atoms with Crippen LogP contribution in [-0.4, -0.2) is 48.2 Å². The molecule has 0 aromatic rings. The van der Waals surface area contributed by atoms with Crippen molar-refractivity contribution >= 4 is 18.1 Å². The summed E-state index contributed by atoms with van der Waals surface area (Å²) in [7, 11) is 1.58. The smallest absolute Gasteiger partial charge is 0.245 e. The highest BCUT2D eigenvalue weighted by Crippen LogP contribution is 2.13. The van der Waals surface area contributed by atoms with Gasteiger partial charge in [-0.15, -0.1) is 0 Å². The zero-order chi connectivity index (χ0) is 19.0. The Morgan fingerprint density at radius 3 is 1.92 bits per heavy atom. The summed E-state index contributed by atoms with van der Waals surface area (Å²) in [4.78, 5) is 37.6. The first kappa shape index (κ1) is 22.6. The number of nitrogens with one attached hydrogen (secondary N) is 1. The Kier molecular flexibility index (Phi) is 9.82. The first-order valence-electron chi connectivity index (χ1n) is 8.71. The monoisotopic (exact) mass is 340 g/mol. The molecule has 0 unspecified atom stereocenters. The number of nitrogens with zero attached hydrogens (tertiary/aromatic N) is 1. The van der Waals surface area contributed by atoms with Crippen LogP contribution in [0.3, 0.4) is 0 Å². The molecule has 0 saturated heterocycles. The van der Waals surface area contributed by atoms with Gasteiger partial charge in [-0.3, -0.25) is 14.4 Å². The molecule has 0 aliphatic rings. The number of rotatable bonds is 10. The van der Waals surface area contributed by atoms with Gasteiger partial charge in [-0.25, -0.2) is 0 Å². The van der Waals surface area contributed by atoms with Crippen molar-refractivity contribution < 1.29 is 14.4 Å². The Balaban J connectivity index is 5.06. The zero-order valence-corrected chi connectivity index (χ0v) is 16.1. The van der Waals surface area contributed by atoms with E-state index in [9.17, 15) is 14.4 Å². The zero-order valence-electron chi connectivity index (χ0n) is 16.1. The number of likely N-dealkylation sites (N-methyl/N-ethyl adjacent to an activating group) is 1. The fraction of sp³-hybridized carbons (Fsp3) is 0.833. The topological polar surface area (TPSA) is 92.5 Å². The molecule has 0 heterocycles. The molecule has 0 fully saturated rings. The maximum absolute atomic E-state index is 12.7. The lowest BCUT2D eigenvalue weighted by atomic mass is 9.98. The Bertz CT molecular complexity index is 422. The lowest BCUT2D eigenvalue weighted by Crippen LogP contribution is -2.56. The second-order valence-corrected chi connectivity index (χ2v) is 7.68. The molecule has 0 saturated carbocycles. The Morgan fingerprint density at radius 1 is 1.04 bits per heavy atom. The first-order chi connectivity index (χ1) is 11.0. The van der Waals surface area contributed by atoms with E-state index in [4.69, 9.17) is 5.73 Å². The third-order valence-electron chi connectivity index (χ3n) is 3.94. The van der Waals surface area contributed by atoms with Crippen molar-refractivity contribution in [2.24, 2.45) is 23.5 Å². The number of nitrogens with two attached hydrogens (primary N) is 1. The summed E-state index contributed by atoms with van der Waals surface area (Å²) in [5, 5.41) is 2.75. The van der Waals surface area contributed by atoms with Crippen LogP contribution in [0.25, 0.3) is 0 Å². The molecule has 139 valence electrons. The van der Waals surface area contributed by atoms with Gasteiger partial charge in [0.15, 0.2) is 0 Å². The number of amides is 2. The minimum atomic E-state index is -0.705. The summed E-state index contributed by atoms with van der Waals surface area (Å²) >= 11 is 0. The summed E-state index contributed by atoms with van der Waals surface area (Å²) in [5.41, 5.74) is 5.90. The maximum atomic E-state index is 12.7. The third-order valence-corrected chi connectivity index (χ3v) is 3.94. The van der Waals surface area contributed by atoms with Crippen LogP contribution in [0.1, 0.15) is 54.4 Å². The molecule has 24 heavy (non-hydrogen) atoms. The van der Waals surface area contributed by atoms with Crippen molar-refractivity contribution in [2.75, 3.05) is 7.05 Å². The molecule has 0 spiro atoms. The van der Waals surface area contributed by atoms with Gasteiger partial charge in [0.05, 0.1) is 12.1 Å². The molecule has 0 aliphatic heterocycles. The lowest BCUT2D eigenvalue weighted by Gasteiger charge is -2.31. The lowest BCUT2D eigenvalue weighted by molar-refractivity contribution is -0.138. The first-order valence-corrected chi connectivity index (χ1v) is 8.71. The Morgan fingerprint density at radius 2 is 1.54 bits per heavy atom. The van der Waals surface area contributed by atoms with Gasteiger partial charge >= 0.3 is 0 Å². The number of hydrogen-bond acceptors (Lipinski definition) is 4. The van der Waals surface area contributed by atoms with Crippen LogP contribution in [0.15, 0.2) is 0 Å². The van der Waals surface area contributed by atoms with Crippen LogP contribution in [-0.2, 0) is 14.4 Å². The van der Waals surface area contributed by atoms with Crippen molar-refractivity contribution in [2.45, 2.75) is 72.5 Å². The van der Waals surface area contributed by atoms with E-state index in [1.54, 1.807) is 7.05 Å². The van der Waals surface area contributed by atoms with E-state index < -0.39 is 18.1 Å². The summed E-state index contributed by atoms with van der Waals surface area (Å²) in [6.07, 6.45) is 3.02. The van der Waals surface area contributed by atoms with E-state index in [1.165, 1.54) is 4.90 Å². The van der Waals surface area contributed by atoms with Gasteiger partial charge in [-0.2, -0.15) is 0 Å². The molecular formula is C18H34N3O3. The summed E-state index contributed by atoms with van der Waals surface area (Å²) in [6, 6.07) is -1.96. The normalized spacial score (nSPS) is 15.3. The number of carbonyl (C=O) groups excluding carboxylic acids is 3. The summed E-state index contributed by atoms with van der Waals surface area (Å²) in [6.45, 7) is 11.6. The Labute approximate surface area is 146 Å². The van der Waals surface area contributed by atoms with Crippen molar-refractivity contribution in [3.8, 4) is 0 Å². The predicted octanol–water partition coefficient (Wildman–Crippen LogP) is 1.48. The van der Waals surface area contributed by atoms with E-state index in [2.05, 4.69) is 5.32 Å². The standard InChI is InChI=1S/C18H34N3O3/c1-11(2)8-14(10-22)21(7)18(24)16(13(5)6)20-17(23)15(19)9-12(3)4/h11-16H,8-9,19H2,1-7H3,(H,20,23)/t14-,15-,16-/m0/s1. The van der Waals surface area contributed by atoms with E-state index >= 15 is 0 Å². The summed E-state index contributed by atoms with van der Waals surface area (Å²) in [5.74, 6) is -0.176. The molecular weight excluding hydrogens is 306 g/mol. The van der Waals surface area contributed by atoms with E-state index in [1.807, 2.05) is 47.8 Å². The van der Waals surface area contributed by atoms with Gasteiger partial charge in [0.1, 0.15) is 6.04 Å². The third kappa shape index (κ3) is 7.43. The van der Waals surface area contributed by atoms with E-state index in [0.29, 0.717) is 18.8 Å². The fourth-order valence-electron chi connectivity index (χ4n) is 2.49. The summed E-state index contributed by atoms with van der Waals surface area (Å²) < 4.78 is 0. The molecule has 6 nitrogen and oxygen atoms in total. The van der Waals surface area contributed by atoms with Crippen molar-refractivity contribution in [3.63, 3.8) is 0 Å². The van der Waals surface area contributed by atoms with Crippen molar-refractivity contribution in [1.82, 2.24) is 10.2 Å². The molecule has 0 rings (SSSR count). The van der Waals surface area contributed by atoms with Crippen LogP contribution >= 0.6 is 0 Å². The van der Waals surface area contributed by atoms with Crippen molar-refractivity contribution in [1.29, 1.82) is 0 Å². The van der Waals surface area contributed by atoms with Crippen LogP contribution < -0.4 is 11.1 Å². The van der Waals surface area contributed by atoms with Crippen LogP contribution in [0.4, 0.5) is 0 Å². The molecule has 3 N–H and O–H groups in total. The van der Waals surface area contributed by atoms with Crippen LogP contribution in [0.2, 0.25) is 0 Å².